The molecule has 0 saturated heterocycles. The van der Waals surface area contributed by atoms with E-state index in [0.29, 0.717) is 0 Å². The van der Waals surface area contributed by atoms with E-state index in [0.717, 1.165) is 10.2 Å². The van der Waals surface area contributed by atoms with Crippen LogP contribution in [-0.4, -0.2) is 4.57 Å². The summed E-state index contributed by atoms with van der Waals surface area (Å²) in [7, 11) is 1.81. The molecular weight excluding hydrogens is 230 g/mol. The zero-order valence-electron chi connectivity index (χ0n) is 9.38. The third-order valence-corrected chi connectivity index (χ3v) is 4.01. The van der Waals surface area contributed by atoms with Gasteiger partial charge in [0.2, 0.25) is 0 Å². The van der Waals surface area contributed by atoms with E-state index in [4.69, 9.17) is 0 Å². The Balaban J connectivity index is 2.28. The van der Waals surface area contributed by atoms with Crippen molar-refractivity contribution >= 4 is 21.6 Å². The quantitative estimate of drug-likeness (QED) is 0.641. The average molecular weight is 241 g/mol. The molecule has 0 saturated carbocycles. The van der Waals surface area contributed by atoms with Gasteiger partial charge in [-0.3, -0.25) is 4.79 Å². The molecule has 0 aliphatic heterocycles. The fraction of sp³-hybridized carbons (Fsp3) is 0.0714. The minimum Gasteiger partial charge on any atom is -0.310 e. The summed E-state index contributed by atoms with van der Waals surface area (Å²) in [6.07, 6.45) is 0. The number of hydrogen-bond donors (Lipinski definition) is 0. The molecule has 0 N–H and O–H groups in total. The van der Waals surface area contributed by atoms with Crippen LogP contribution in [0.5, 0.6) is 0 Å². The van der Waals surface area contributed by atoms with E-state index in [1.165, 1.54) is 10.4 Å². The van der Waals surface area contributed by atoms with Crippen LogP contribution in [-0.2, 0) is 7.05 Å². The van der Waals surface area contributed by atoms with Gasteiger partial charge in [0.05, 0.1) is 10.2 Å². The van der Waals surface area contributed by atoms with Crippen molar-refractivity contribution in [3.63, 3.8) is 0 Å². The molecule has 0 fully saturated rings. The highest BCUT2D eigenvalue weighted by Crippen LogP contribution is 2.32. The van der Waals surface area contributed by atoms with Crippen LogP contribution in [0.1, 0.15) is 0 Å². The molecule has 2 aromatic heterocycles. The van der Waals surface area contributed by atoms with Gasteiger partial charge in [0.15, 0.2) is 0 Å². The second-order valence-corrected chi connectivity index (χ2v) is 5.04. The van der Waals surface area contributed by atoms with Gasteiger partial charge >= 0.3 is 0 Å². The Morgan fingerprint density at radius 2 is 1.82 bits per heavy atom. The number of fused-ring (bicyclic) bond motifs is 1. The van der Waals surface area contributed by atoms with E-state index in [-0.39, 0.29) is 5.56 Å². The molecule has 0 aliphatic carbocycles. The summed E-state index contributed by atoms with van der Waals surface area (Å²) in [5.41, 5.74) is 2.23. The standard InChI is InChI=1S/C14H11NOS/c1-15-11-9-13(10-5-3-2-4-6-10)17-12(11)7-8-14(15)16/h2-9H,1H3. The van der Waals surface area contributed by atoms with Crippen molar-refractivity contribution in [1.29, 1.82) is 0 Å². The van der Waals surface area contributed by atoms with E-state index in [1.807, 2.05) is 31.3 Å². The number of rotatable bonds is 1. The van der Waals surface area contributed by atoms with Crippen molar-refractivity contribution in [2.24, 2.45) is 7.05 Å². The van der Waals surface area contributed by atoms with Crippen LogP contribution in [0, 0.1) is 0 Å². The number of pyridine rings is 1. The number of hydrogen-bond acceptors (Lipinski definition) is 2. The molecule has 2 heterocycles. The van der Waals surface area contributed by atoms with Gasteiger partial charge in [0, 0.05) is 18.0 Å². The van der Waals surface area contributed by atoms with Gasteiger partial charge in [0.25, 0.3) is 5.56 Å². The van der Waals surface area contributed by atoms with Gasteiger partial charge in [-0.2, -0.15) is 0 Å². The highest BCUT2D eigenvalue weighted by molar-refractivity contribution is 7.22. The maximum Gasteiger partial charge on any atom is 0.250 e. The Bertz CT molecular complexity index is 725. The van der Waals surface area contributed by atoms with Crippen LogP contribution >= 0.6 is 11.3 Å². The maximum absolute atomic E-state index is 11.5. The van der Waals surface area contributed by atoms with Crippen LogP contribution < -0.4 is 5.56 Å². The van der Waals surface area contributed by atoms with Crippen molar-refractivity contribution in [1.82, 2.24) is 4.57 Å². The largest absolute Gasteiger partial charge is 0.310 e. The summed E-state index contributed by atoms with van der Waals surface area (Å²) in [5.74, 6) is 0. The third-order valence-electron chi connectivity index (χ3n) is 2.87. The Morgan fingerprint density at radius 3 is 2.59 bits per heavy atom. The smallest absolute Gasteiger partial charge is 0.250 e. The molecule has 0 unspecified atom stereocenters. The number of aromatic nitrogens is 1. The lowest BCUT2D eigenvalue weighted by Crippen LogP contribution is -2.13. The Labute approximate surface area is 103 Å². The van der Waals surface area contributed by atoms with Crippen molar-refractivity contribution in [3.8, 4) is 10.4 Å². The molecule has 0 bridgehead atoms. The van der Waals surface area contributed by atoms with Crippen molar-refractivity contribution < 1.29 is 0 Å². The third kappa shape index (κ3) is 1.68. The van der Waals surface area contributed by atoms with Crippen LogP contribution in [0.3, 0.4) is 0 Å². The first-order valence-corrected chi connectivity index (χ1v) is 6.22. The number of benzene rings is 1. The van der Waals surface area contributed by atoms with E-state index in [2.05, 4.69) is 18.2 Å². The van der Waals surface area contributed by atoms with Gasteiger partial charge in [-0.1, -0.05) is 30.3 Å². The summed E-state index contributed by atoms with van der Waals surface area (Å²) in [4.78, 5) is 12.7. The zero-order valence-corrected chi connectivity index (χ0v) is 10.2. The fourth-order valence-corrected chi connectivity index (χ4v) is 3.00. The summed E-state index contributed by atoms with van der Waals surface area (Å²) < 4.78 is 2.84. The Hall–Kier alpha value is -1.87. The monoisotopic (exact) mass is 241 g/mol. The SMILES string of the molecule is Cn1c(=O)ccc2sc(-c3ccccc3)cc21. The van der Waals surface area contributed by atoms with Crippen LogP contribution in [0.2, 0.25) is 0 Å². The molecule has 3 aromatic rings. The topological polar surface area (TPSA) is 22.0 Å². The van der Waals surface area contributed by atoms with Crippen LogP contribution in [0.25, 0.3) is 20.7 Å². The normalized spacial score (nSPS) is 10.9. The summed E-state index contributed by atoms with van der Waals surface area (Å²) >= 11 is 1.71. The Morgan fingerprint density at radius 1 is 1.06 bits per heavy atom. The van der Waals surface area contributed by atoms with Crippen molar-refractivity contribution in [2.75, 3.05) is 0 Å². The molecule has 0 radical (unpaired) electrons. The molecule has 3 rings (SSSR count). The Kier molecular flexibility index (Phi) is 2.34. The molecule has 0 aliphatic rings. The lowest BCUT2D eigenvalue weighted by atomic mass is 10.2. The highest BCUT2D eigenvalue weighted by atomic mass is 32.1. The summed E-state index contributed by atoms with van der Waals surface area (Å²) in [6, 6.07) is 15.8. The first-order valence-electron chi connectivity index (χ1n) is 5.41. The summed E-state index contributed by atoms with van der Waals surface area (Å²) in [6.45, 7) is 0. The molecule has 84 valence electrons. The molecule has 0 amide bonds. The number of aryl methyl sites for hydroxylation is 1. The highest BCUT2D eigenvalue weighted by Gasteiger charge is 2.06. The minimum atomic E-state index is 0.0370. The van der Waals surface area contributed by atoms with Gasteiger partial charge in [-0.05, 0) is 17.7 Å². The zero-order chi connectivity index (χ0) is 11.8. The lowest BCUT2D eigenvalue weighted by molar-refractivity contribution is 0.908. The van der Waals surface area contributed by atoms with Crippen LogP contribution in [0.15, 0.2) is 53.3 Å². The molecule has 1 aromatic carbocycles. The van der Waals surface area contributed by atoms with Gasteiger partial charge in [0.1, 0.15) is 0 Å². The van der Waals surface area contributed by atoms with Crippen molar-refractivity contribution in [2.45, 2.75) is 0 Å². The van der Waals surface area contributed by atoms with E-state index >= 15 is 0 Å². The predicted molar refractivity (Wildman–Crippen MR) is 72.5 cm³/mol. The van der Waals surface area contributed by atoms with Gasteiger partial charge in [-0.15, -0.1) is 11.3 Å². The molecule has 2 nitrogen and oxygen atoms in total. The summed E-state index contributed by atoms with van der Waals surface area (Å²) in [5, 5.41) is 0. The van der Waals surface area contributed by atoms with E-state index in [1.54, 1.807) is 22.0 Å². The molecule has 17 heavy (non-hydrogen) atoms. The molecule has 0 spiro atoms. The van der Waals surface area contributed by atoms with Gasteiger partial charge < -0.3 is 4.57 Å². The molecular formula is C14H11NOS. The lowest BCUT2D eigenvalue weighted by Gasteiger charge is -1.96. The maximum atomic E-state index is 11.5. The van der Waals surface area contributed by atoms with E-state index in [9.17, 15) is 4.79 Å². The van der Waals surface area contributed by atoms with E-state index < -0.39 is 0 Å². The van der Waals surface area contributed by atoms with Gasteiger partial charge in [-0.25, -0.2) is 0 Å². The second kappa shape index (κ2) is 3.86. The molecule has 0 atom stereocenters. The van der Waals surface area contributed by atoms with Crippen LogP contribution in [0.4, 0.5) is 0 Å². The minimum absolute atomic E-state index is 0.0370. The second-order valence-electron chi connectivity index (χ2n) is 3.96. The molecule has 3 heteroatoms. The average Bonchev–Trinajstić information content (AvgIpc) is 2.80. The van der Waals surface area contributed by atoms with Crippen molar-refractivity contribution in [3.05, 3.63) is 58.9 Å². The fourth-order valence-electron chi connectivity index (χ4n) is 1.90. The number of nitrogens with zero attached hydrogens (tertiary/aromatic N) is 1. The predicted octanol–water partition coefficient (Wildman–Crippen LogP) is 3.27. The first-order chi connectivity index (χ1) is 8.25. The number of thiophene rings is 1. The first kappa shape index (κ1) is 10.3.